The van der Waals surface area contributed by atoms with Crippen LogP contribution in [0.4, 0.5) is 5.69 Å². The highest BCUT2D eigenvalue weighted by molar-refractivity contribution is 6.00. The maximum atomic E-state index is 12.8. The van der Waals surface area contributed by atoms with Crippen LogP contribution in [0, 0.1) is 0 Å². The molecule has 1 saturated heterocycles. The minimum absolute atomic E-state index is 0.0500. The molecule has 2 fully saturated rings. The van der Waals surface area contributed by atoms with Gasteiger partial charge in [-0.3, -0.25) is 14.7 Å². The number of carbonyl (C=O) groups is 1. The van der Waals surface area contributed by atoms with Crippen molar-refractivity contribution < 1.29 is 4.79 Å². The van der Waals surface area contributed by atoms with Gasteiger partial charge in [0.25, 0.3) is 0 Å². The second-order valence-electron chi connectivity index (χ2n) is 10.9. The number of ketones is 1. The fourth-order valence-corrected chi connectivity index (χ4v) is 6.43. The van der Waals surface area contributed by atoms with E-state index in [0.717, 1.165) is 73.7 Å². The van der Waals surface area contributed by atoms with Gasteiger partial charge in [0.1, 0.15) is 11.5 Å². The Labute approximate surface area is 207 Å². The summed E-state index contributed by atoms with van der Waals surface area (Å²) in [6.45, 7) is 8.80. The molecule has 2 aliphatic heterocycles. The van der Waals surface area contributed by atoms with Crippen LogP contribution >= 0.6 is 0 Å². The van der Waals surface area contributed by atoms with E-state index in [1.165, 1.54) is 24.9 Å². The van der Waals surface area contributed by atoms with Gasteiger partial charge in [-0.15, -0.1) is 0 Å². The van der Waals surface area contributed by atoms with Crippen LogP contribution in [-0.2, 0) is 12.0 Å². The third-order valence-corrected chi connectivity index (χ3v) is 8.51. The Morgan fingerprint density at radius 1 is 0.971 bits per heavy atom. The number of hydrogen-bond acceptors (Lipinski definition) is 6. The Bertz CT molecular complexity index is 1220. The molecule has 5 heterocycles. The Kier molecular flexibility index (Phi) is 5.83. The van der Waals surface area contributed by atoms with Gasteiger partial charge in [0, 0.05) is 61.5 Å². The summed E-state index contributed by atoms with van der Waals surface area (Å²) in [7, 11) is 0. The Morgan fingerprint density at radius 3 is 2.49 bits per heavy atom. The van der Waals surface area contributed by atoms with Crippen LogP contribution in [0.5, 0.6) is 0 Å². The Morgan fingerprint density at radius 2 is 1.77 bits per heavy atom. The topological polar surface area (TPSA) is 67.2 Å². The molecule has 0 N–H and O–H groups in total. The van der Waals surface area contributed by atoms with Crippen molar-refractivity contribution in [3.8, 4) is 0 Å². The van der Waals surface area contributed by atoms with Gasteiger partial charge in [0.15, 0.2) is 5.78 Å². The number of Topliss-reactive ketones (excluding diaryl/α,β-unsaturated/α-hetero) is 1. The molecule has 1 saturated carbocycles. The van der Waals surface area contributed by atoms with Gasteiger partial charge in [-0.25, -0.2) is 9.97 Å². The third kappa shape index (κ3) is 4.14. The molecule has 0 radical (unpaired) electrons. The third-order valence-electron chi connectivity index (χ3n) is 8.51. The van der Waals surface area contributed by atoms with Crippen LogP contribution in [-0.4, -0.2) is 62.4 Å². The maximum absolute atomic E-state index is 12.8. The summed E-state index contributed by atoms with van der Waals surface area (Å²) >= 11 is 0. The van der Waals surface area contributed by atoms with Gasteiger partial charge in [0.05, 0.1) is 24.0 Å². The second kappa shape index (κ2) is 9.01. The summed E-state index contributed by atoms with van der Waals surface area (Å²) in [5, 5.41) is 0.979. The highest BCUT2D eigenvalue weighted by Crippen LogP contribution is 2.45. The van der Waals surface area contributed by atoms with Crippen LogP contribution < -0.4 is 4.90 Å². The molecule has 7 heteroatoms. The van der Waals surface area contributed by atoms with Crippen molar-refractivity contribution in [2.45, 2.75) is 76.8 Å². The van der Waals surface area contributed by atoms with Crippen LogP contribution in [0.3, 0.4) is 0 Å². The van der Waals surface area contributed by atoms with Crippen molar-refractivity contribution in [3.05, 3.63) is 47.8 Å². The SMILES string of the molecule is CC(C)N1CCN(c2ccc(Cc3ncc4cc5n(c4n3)C3(CCCCC3)CCC5=O)nc2)CC1. The fourth-order valence-electron chi connectivity index (χ4n) is 6.43. The first-order chi connectivity index (χ1) is 17.0. The molecule has 0 bridgehead atoms. The number of hydrogen-bond donors (Lipinski definition) is 0. The maximum Gasteiger partial charge on any atom is 0.179 e. The van der Waals surface area contributed by atoms with Crippen molar-refractivity contribution in [3.63, 3.8) is 0 Å². The smallest absolute Gasteiger partial charge is 0.179 e. The molecule has 6 rings (SSSR count). The number of piperazine rings is 1. The Balaban J connectivity index is 1.24. The number of carbonyl (C=O) groups excluding carboxylic acids is 1. The summed E-state index contributed by atoms with van der Waals surface area (Å²) in [5.74, 6) is 1.01. The van der Waals surface area contributed by atoms with Crippen molar-refractivity contribution in [1.82, 2.24) is 24.4 Å². The lowest BCUT2D eigenvalue weighted by molar-refractivity contribution is 0.0852. The van der Waals surface area contributed by atoms with Crippen LogP contribution in [0.1, 0.15) is 80.8 Å². The van der Waals surface area contributed by atoms with Crippen molar-refractivity contribution in [1.29, 1.82) is 0 Å². The zero-order valence-electron chi connectivity index (χ0n) is 21.0. The lowest BCUT2D eigenvalue weighted by Crippen LogP contribution is -2.48. The highest BCUT2D eigenvalue weighted by Gasteiger charge is 2.41. The average Bonchev–Trinajstić information content (AvgIpc) is 3.28. The number of nitrogens with zero attached hydrogens (tertiary/aromatic N) is 6. The lowest BCUT2D eigenvalue weighted by Gasteiger charge is -2.42. The van der Waals surface area contributed by atoms with E-state index in [0.29, 0.717) is 18.9 Å². The fraction of sp³-hybridized carbons (Fsp3) is 0.571. The largest absolute Gasteiger partial charge is 0.368 e. The second-order valence-corrected chi connectivity index (χ2v) is 10.9. The van der Waals surface area contributed by atoms with E-state index >= 15 is 0 Å². The first-order valence-corrected chi connectivity index (χ1v) is 13.4. The van der Waals surface area contributed by atoms with Crippen molar-refractivity contribution in [2.75, 3.05) is 31.1 Å². The minimum Gasteiger partial charge on any atom is -0.368 e. The first-order valence-electron chi connectivity index (χ1n) is 13.4. The summed E-state index contributed by atoms with van der Waals surface area (Å²) < 4.78 is 2.30. The quantitative estimate of drug-likeness (QED) is 0.554. The molecule has 3 aromatic rings. The summed E-state index contributed by atoms with van der Waals surface area (Å²) in [6.07, 6.45) is 12.1. The van der Waals surface area contributed by atoms with E-state index in [2.05, 4.69) is 45.3 Å². The molecule has 3 aliphatic rings. The number of pyridine rings is 1. The minimum atomic E-state index is 0.0500. The number of rotatable bonds is 4. The molecular formula is C28H36N6O. The van der Waals surface area contributed by atoms with Crippen LogP contribution in [0.15, 0.2) is 30.6 Å². The van der Waals surface area contributed by atoms with E-state index in [-0.39, 0.29) is 11.3 Å². The van der Waals surface area contributed by atoms with Crippen LogP contribution in [0.25, 0.3) is 11.0 Å². The van der Waals surface area contributed by atoms with E-state index in [1.807, 2.05) is 18.5 Å². The van der Waals surface area contributed by atoms with Gasteiger partial charge >= 0.3 is 0 Å². The molecule has 0 unspecified atom stereocenters. The zero-order chi connectivity index (χ0) is 24.0. The highest BCUT2D eigenvalue weighted by atomic mass is 16.1. The monoisotopic (exact) mass is 472 g/mol. The van der Waals surface area contributed by atoms with Crippen molar-refractivity contribution in [2.24, 2.45) is 0 Å². The van der Waals surface area contributed by atoms with E-state index in [9.17, 15) is 4.79 Å². The van der Waals surface area contributed by atoms with Gasteiger partial charge in [0.2, 0.25) is 0 Å². The normalized spacial score (nSPS) is 20.7. The van der Waals surface area contributed by atoms with E-state index in [4.69, 9.17) is 9.97 Å². The molecular weight excluding hydrogens is 436 g/mol. The first kappa shape index (κ1) is 22.7. The van der Waals surface area contributed by atoms with Gasteiger partial charge in [-0.2, -0.15) is 0 Å². The number of anilines is 1. The lowest BCUT2D eigenvalue weighted by atomic mass is 9.75. The van der Waals surface area contributed by atoms with Gasteiger partial charge in [-0.1, -0.05) is 19.3 Å². The predicted molar refractivity (Wildman–Crippen MR) is 138 cm³/mol. The number of aromatic nitrogens is 4. The van der Waals surface area contributed by atoms with Crippen LogP contribution in [0.2, 0.25) is 0 Å². The molecule has 1 aliphatic carbocycles. The molecule has 0 aromatic carbocycles. The molecule has 1 spiro atoms. The molecule has 35 heavy (non-hydrogen) atoms. The standard InChI is InChI=1S/C28H36N6O/c1-20(2)32-12-14-33(15-13-32)23-7-6-22(29-19-23)17-26-30-18-21-16-24-25(35)8-11-28(9-4-3-5-10-28)34(24)27(21)31-26/h6-7,16,18-20H,3-5,8-15,17H2,1-2H3. The average molecular weight is 473 g/mol. The molecule has 3 aromatic heterocycles. The zero-order valence-corrected chi connectivity index (χ0v) is 21.0. The summed E-state index contributed by atoms with van der Waals surface area (Å²) in [5.41, 5.74) is 3.97. The summed E-state index contributed by atoms with van der Waals surface area (Å²) in [6, 6.07) is 6.91. The number of fused-ring (bicyclic) bond motifs is 4. The van der Waals surface area contributed by atoms with E-state index < -0.39 is 0 Å². The van der Waals surface area contributed by atoms with Crippen molar-refractivity contribution >= 4 is 22.5 Å². The van der Waals surface area contributed by atoms with Gasteiger partial charge < -0.3 is 9.47 Å². The summed E-state index contributed by atoms with van der Waals surface area (Å²) in [4.78, 5) is 32.1. The molecule has 184 valence electrons. The predicted octanol–water partition coefficient (Wildman–Crippen LogP) is 4.58. The molecule has 0 amide bonds. The van der Waals surface area contributed by atoms with E-state index in [1.54, 1.807) is 0 Å². The van der Waals surface area contributed by atoms with Gasteiger partial charge in [-0.05, 0) is 51.3 Å². The molecule has 0 atom stereocenters. The molecule has 7 nitrogen and oxygen atoms in total. The Hall–Kier alpha value is -2.80.